The Labute approximate surface area is 179 Å². The van der Waals surface area contributed by atoms with Crippen molar-refractivity contribution >= 4 is 5.96 Å². The molecule has 1 aliphatic heterocycles. The van der Waals surface area contributed by atoms with Crippen LogP contribution < -0.4 is 15.4 Å². The average Bonchev–Trinajstić information content (AvgIpc) is 3.00. The van der Waals surface area contributed by atoms with Crippen molar-refractivity contribution < 1.29 is 9.47 Å². The number of aromatic nitrogens is 2. The van der Waals surface area contributed by atoms with E-state index in [4.69, 9.17) is 9.47 Å². The number of aryl methyl sites for hydroxylation is 2. The van der Waals surface area contributed by atoms with E-state index in [1.807, 2.05) is 30.8 Å². The molecule has 1 aliphatic rings. The third-order valence-corrected chi connectivity index (χ3v) is 5.45. The molecule has 1 aromatic carbocycles. The molecule has 0 spiro atoms. The van der Waals surface area contributed by atoms with Crippen LogP contribution in [0.4, 0.5) is 0 Å². The second-order valence-electron chi connectivity index (χ2n) is 7.50. The topological polar surface area (TPSA) is 75.9 Å². The fourth-order valence-electron chi connectivity index (χ4n) is 3.51. The highest BCUT2D eigenvalue weighted by Gasteiger charge is 2.11. The van der Waals surface area contributed by atoms with E-state index in [1.54, 1.807) is 7.05 Å². The van der Waals surface area contributed by atoms with Crippen LogP contribution in [0.5, 0.6) is 5.75 Å². The minimum absolute atomic E-state index is 0.672. The maximum atomic E-state index is 5.95. The van der Waals surface area contributed by atoms with Crippen molar-refractivity contribution in [1.82, 2.24) is 25.3 Å². The highest BCUT2D eigenvalue weighted by Crippen LogP contribution is 2.14. The van der Waals surface area contributed by atoms with E-state index < -0.39 is 0 Å². The van der Waals surface area contributed by atoms with E-state index in [2.05, 4.69) is 44.7 Å². The Bertz CT molecular complexity index is 842. The summed E-state index contributed by atoms with van der Waals surface area (Å²) in [5, 5.41) is 11.2. The van der Waals surface area contributed by atoms with Gasteiger partial charge in [-0.2, -0.15) is 5.10 Å². The Morgan fingerprint density at radius 3 is 2.67 bits per heavy atom. The lowest BCUT2D eigenvalue weighted by Crippen LogP contribution is -2.38. The number of hydrogen-bond acceptors (Lipinski definition) is 5. The van der Waals surface area contributed by atoms with Crippen LogP contribution in [0.15, 0.2) is 29.3 Å². The zero-order valence-electron chi connectivity index (χ0n) is 18.6. The molecule has 8 nitrogen and oxygen atoms in total. The van der Waals surface area contributed by atoms with Crippen molar-refractivity contribution in [2.75, 3.05) is 46.5 Å². The quantitative estimate of drug-likeness (QED) is 0.505. The lowest BCUT2D eigenvalue weighted by atomic mass is 10.2. The number of hydrogen-bond donors (Lipinski definition) is 2. The highest BCUT2D eigenvalue weighted by atomic mass is 16.5. The summed E-state index contributed by atoms with van der Waals surface area (Å²) in [5.74, 6) is 1.66. The summed E-state index contributed by atoms with van der Waals surface area (Å²) >= 11 is 0. The van der Waals surface area contributed by atoms with Gasteiger partial charge in [0.05, 0.1) is 18.9 Å². The predicted octanol–water partition coefficient (Wildman–Crippen LogP) is 1.61. The average molecular weight is 415 g/mol. The molecule has 0 aliphatic carbocycles. The molecule has 30 heavy (non-hydrogen) atoms. The van der Waals surface area contributed by atoms with E-state index in [9.17, 15) is 0 Å². The van der Waals surface area contributed by atoms with E-state index in [0.29, 0.717) is 19.7 Å². The minimum atomic E-state index is 0.672. The van der Waals surface area contributed by atoms with Gasteiger partial charge in [-0.1, -0.05) is 12.1 Å². The van der Waals surface area contributed by atoms with Gasteiger partial charge in [-0.05, 0) is 31.5 Å². The van der Waals surface area contributed by atoms with Gasteiger partial charge in [-0.15, -0.1) is 0 Å². The molecular weight excluding hydrogens is 380 g/mol. The van der Waals surface area contributed by atoms with Crippen molar-refractivity contribution in [2.45, 2.75) is 26.9 Å². The standard InChI is InChI=1S/C22H34N6O2/c1-17-21(18(2)27(4)26-17)16-25-22(23-3)24-15-19-6-5-7-20(14-19)30-13-10-28-8-11-29-12-9-28/h5-7,14H,8-13,15-16H2,1-4H3,(H2,23,24,25). The fourth-order valence-corrected chi connectivity index (χ4v) is 3.51. The molecule has 0 amide bonds. The van der Waals surface area contributed by atoms with Crippen LogP contribution in [0.2, 0.25) is 0 Å². The molecule has 2 N–H and O–H groups in total. The predicted molar refractivity (Wildman–Crippen MR) is 119 cm³/mol. The number of guanidine groups is 1. The van der Waals surface area contributed by atoms with Gasteiger partial charge in [0.25, 0.3) is 0 Å². The zero-order valence-corrected chi connectivity index (χ0v) is 18.6. The van der Waals surface area contributed by atoms with Gasteiger partial charge in [0.2, 0.25) is 0 Å². The summed E-state index contributed by atoms with van der Waals surface area (Å²) in [7, 11) is 3.75. The van der Waals surface area contributed by atoms with Crippen LogP contribution in [0.3, 0.4) is 0 Å². The second kappa shape index (κ2) is 11.0. The summed E-state index contributed by atoms with van der Waals surface area (Å²) in [4.78, 5) is 6.70. The van der Waals surface area contributed by atoms with Gasteiger partial charge in [0, 0.05) is 58.1 Å². The molecule has 1 aromatic heterocycles. The third-order valence-electron chi connectivity index (χ3n) is 5.45. The van der Waals surface area contributed by atoms with Crippen molar-refractivity contribution in [2.24, 2.45) is 12.0 Å². The number of nitrogens with zero attached hydrogens (tertiary/aromatic N) is 4. The first-order valence-corrected chi connectivity index (χ1v) is 10.5. The summed E-state index contributed by atoms with van der Waals surface area (Å²) in [6.07, 6.45) is 0. The molecule has 0 radical (unpaired) electrons. The van der Waals surface area contributed by atoms with Gasteiger partial charge in [-0.25, -0.2) is 0 Å². The molecule has 0 atom stereocenters. The largest absolute Gasteiger partial charge is 0.492 e. The van der Waals surface area contributed by atoms with Crippen molar-refractivity contribution in [1.29, 1.82) is 0 Å². The molecule has 1 saturated heterocycles. The fraction of sp³-hybridized carbons (Fsp3) is 0.545. The minimum Gasteiger partial charge on any atom is -0.492 e. The molecule has 1 fully saturated rings. The number of ether oxygens (including phenoxy) is 2. The lowest BCUT2D eigenvalue weighted by Gasteiger charge is -2.26. The van der Waals surface area contributed by atoms with Crippen LogP contribution in [0, 0.1) is 13.8 Å². The van der Waals surface area contributed by atoms with Crippen LogP contribution in [0.25, 0.3) is 0 Å². The maximum Gasteiger partial charge on any atom is 0.191 e. The highest BCUT2D eigenvalue weighted by molar-refractivity contribution is 5.79. The first kappa shape index (κ1) is 22.1. The Kier molecular flexibility index (Phi) is 8.10. The smallest absolute Gasteiger partial charge is 0.191 e. The Morgan fingerprint density at radius 2 is 1.97 bits per heavy atom. The van der Waals surface area contributed by atoms with Crippen LogP contribution >= 0.6 is 0 Å². The van der Waals surface area contributed by atoms with E-state index >= 15 is 0 Å². The number of rotatable bonds is 8. The molecule has 164 valence electrons. The summed E-state index contributed by atoms with van der Waals surface area (Å²) in [6, 6.07) is 8.20. The van der Waals surface area contributed by atoms with Gasteiger partial charge >= 0.3 is 0 Å². The summed E-state index contributed by atoms with van der Waals surface area (Å²) in [5.41, 5.74) is 4.56. The number of nitrogens with one attached hydrogen (secondary N) is 2. The Balaban J connectivity index is 1.45. The van der Waals surface area contributed by atoms with Crippen molar-refractivity contribution in [3.05, 3.63) is 46.8 Å². The first-order valence-electron chi connectivity index (χ1n) is 10.5. The molecule has 3 rings (SSSR count). The SMILES string of the molecule is CN=C(NCc1cccc(OCCN2CCOCC2)c1)NCc1c(C)nn(C)c1C. The van der Waals surface area contributed by atoms with Gasteiger partial charge < -0.3 is 20.1 Å². The van der Waals surface area contributed by atoms with E-state index in [-0.39, 0.29) is 0 Å². The summed E-state index contributed by atoms with van der Waals surface area (Å²) < 4.78 is 13.2. The number of aliphatic imine (C=N–C) groups is 1. The third kappa shape index (κ3) is 6.21. The monoisotopic (exact) mass is 414 g/mol. The van der Waals surface area contributed by atoms with E-state index in [0.717, 1.165) is 61.5 Å². The normalized spacial score (nSPS) is 15.3. The lowest BCUT2D eigenvalue weighted by molar-refractivity contribution is 0.0322. The number of benzene rings is 1. The van der Waals surface area contributed by atoms with Crippen molar-refractivity contribution in [3.8, 4) is 5.75 Å². The molecule has 2 heterocycles. The summed E-state index contributed by atoms with van der Waals surface area (Å²) in [6.45, 7) is 10.7. The van der Waals surface area contributed by atoms with Crippen LogP contribution in [-0.2, 0) is 24.9 Å². The molecule has 0 unspecified atom stereocenters. The number of morpholine rings is 1. The Morgan fingerprint density at radius 1 is 1.20 bits per heavy atom. The van der Waals surface area contributed by atoms with Crippen LogP contribution in [0.1, 0.15) is 22.5 Å². The molecular formula is C22H34N6O2. The molecule has 0 bridgehead atoms. The van der Waals surface area contributed by atoms with Crippen molar-refractivity contribution in [3.63, 3.8) is 0 Å². The van der Waals surface area contributed by atoms with E-state index in [1.165, 1.54) is 5.56 Å². The first-order chi connectivity index (χ1) is 14.6. The van der Waals surface area contributed by atoms with Crippen LogP contribution in [-0.4, -0.2) is 67.1 Å². The van der Waals surface area contributed by atoms with Gasteiger partial charge in [0.15, 0.2) is 5.96 Å². The zero-order chi connectivity index (χ0) is 21.3. The van der Waals surface area contributed by atoms with Gasteiger partial charge in [-0.3, -0.25) is 14.6 Å². The van der Waals surface area contributed by atoms with Gasteiger partial charge in [0.1, 0.15) is 12.4 Å². The maximum absolute atomic E-state index is 5.95. The molecule has 0 saturated carbocycles. The molecule has 2 aromatic rings. The Hall–Kier alpha value is -2.58. The second-order valence-corrected chi connectivity index (χ2v) is 7.50. The molecule has 8 heteroatoms.